The standard InChI is InChI=1S/C10H16N2OS/c1-8(10-11-4-6-14-10)12-5-2-3-9(13)7-12/h4,6,8-9,13H,2-3,5,7H2,1H3/t8-,9-/m0/s1. The van der Waals surface area contributed by atoms with Gasteiger partial charge in [-0.2, -0.15) is 0 Å². The van der Waals surface area contributed by atoms with E-state index in [-0.39, 0.29) is 6.10 Å². The largest absolute Gasteiger partial charge is 0.392 e. The number of nitrogens with zero attached hydrogens (tertiary/aromatic N) is 2. The summed E-state index contributed by atoms with van der Waals surface area (Å²) in [6, 6.07) is 0.352. The lowest BCUT2D eigenvalue weighted by Crippen LogP contribution is -2.39. The van der Waals surface area contributed by atoms with Gasteiger partial charge in [0, 0.05) is 18.1 Å². The van der Waals surface area contributed by atoms with Crippen LogP contribution >= 0.6 is 11.3 Å². The Balaban J connectivity index is 2.00. The van der Waals surface area contributed by atoms with Crippen molar-refractivity contribution in [3.05, 3.63) is 16.6 Å². The van der Waals surface area contributed by atoms with Crippen LogP contribution in [0, 0.1) is 0 Å². The van der Waals surface area contributed by atoms with Gasteiger partial charge in [0.1, 0.15) is 5.01 Å². The van der Waals surface area contributed by atoms with Gasteiger partial charge in [0.05, 0.1) is 12.1 Å². The Bertz CT molecular complexity index is 276. The lowest BCUT2D eigenvalue weighted by molar-refractivity contribution is 0.0503. The normalized spacial score (nSPS) is 26.3. The maximum atomic E-state index is 9.57. The van der Waals surface area contributed by atoms with Gasteiger partial charge < -0.3 is 5.11 Å². The summed E-state index contributed by atoms with van der Waals surface area (Å²) in [5.74, 6) is 0. The highest BCUT2D eigenvalue weighted by atomic mass is 32.1. The minimum Gasteiger partial charge on any atom is -0.392 e. The second-order valence-electron chi connectivity index (χ2n) is 3.84. The molecule has 1 aliphatic heterocycles. The van der Waals surface area contributed by atoms with E-state index in [0.29, 0.717) is 6.04 Å². The predicted molar refractivity (Wildman–Crippen MR) is 57.3 cm³/mol. The summed E-state index contributed by atoms with van der Waals surface area (Å²) < 4.78 is 0. The van der Waals surface area contributed by atoms with E-state index in [1.54, 1.807) is 11.3 Å². The molecule has 2 heterocycles. The number of thiazole rings is 1. The van der Waals surface area contributed by atoms with Crippen molar-refractivity contribution in [3.63, 3.8) is 0 Å². The zero-order valence-electron chi connectivity index (χ0n) is 8.39. The molecular formula is C10H16N2OS. The molecule has 1 aromatic heterocycles. The van der Waals surface area contributed by atoms with Crippen LogP contribution in [0.5, 0.6) is 0 Å². The van der Waals surface area contributed by atoms with E-state index < -0.39 is 0 Å². The summed E-state index contributed by atoms with van der Waals surface area (Å²) in [5, 5.41) is 12.7. The Morgan fingerprint density at radius 3 is 3.21 bits per heavy atom. The molecule has 1 fully saturated rings. The number of rotatable bonds is 2. The zero-order valence-corrected chi connectivity index (χ0v) is 9.20. The van der Waals surface area contributed by atoms with E-state index in [9.17, 15) is 5.11 Å². The van der Waals surface area contributed by atoms with Gasteiger partial charge in [0.15, 0.2) is 0 Å². The van der Waals surface area contributed by atoms with Crippen molar-refractivity contribution in [2.45, 2.75) is 31.9 Å². The van der Waals surface area contributed by atoms with Crippen molar-refractivity contribution >= 4 is 11.3 Å². The van der Waals surface area contributed by atoms with E-state index in [1.165, 1.54) is 0 Å². The van der Waals surface area contributed by atoms with Gasteiger partial charge in [-0.3, -0.25) is 4.90 Å². The molecule has 2 atom stereocenters. The maximum Gasteiger partial charge on any atom is 0.109 e. The van der Waals surface area contributed by atoms with Crippen LogP contribution in [0.2, 0.25) is 0 Å². The quantitative estimate of drug-likeness (QED) is 0.810. The van der Waals surface area contributed by atoms with Gasteiger partial charge in [-0.15, -0.1) is 11.3 Å². The van der Waals surface area contributed by atoms with E-state index >= 15 is 0 Å². The molecule has 1 aromatic rings. The summed E-state index contributed by atoms with van der Waals surface area (Å²) in [7, 11) is 0. The number of β-amino-alcohol motifs (C(OH)–C–C–N with tert-alkyl or cyclic N) is 1. The monoisotopic (exact) mass is 212 g/mol. The molecule has 4 heteroatoms. The Labute approximate surface area is 88.4 Å². The van der Waals surface area contributed by atoms with Crippen LogP contribution in [0.25, 0.3) is 0 Å². The lowest BCUT2D eigenvalue weighted by Gasteiger charge is -2.33. The molecule has 14 heavy (non-hydrogen) atoms. The van der Waals surface area contributed by atoms with Crippen LogP contribution in [0.3, 0.4) is 0 Å². The van der Waals surface area contributed by atoms with Crippen LogP contribution < -0.4 is 0 Å². The molecule has 2 rings (SSSR count). The molecule has 1 aliphatic rings. The van der Waals surface area contributed by atoms with Gasteiger partial charge in [-0.25, -0.2) is 4.98 Å². The molecule has 3 nitrogen and oxygen atoms in total. The lowest BCUT2D eigenvalue weighted by atomic mass is 10.1. The van der Waals surface area contributed by atoms with Crippen LogP contribution in [0.1, 0.15) is 30.8 Å². The molecule has 0 aromatic carbocycles. The van der Waals surface area contributed by atoms with E-state index in [0.717, 1.165) is 30.9 Å². The first-order chi connectivity index (χ1) is 6.77. The van der Waals surface area contributed by atoms with Gasteiger partial charge >= 0.3 is 0 Å². The van der Waals surface area contributed by atoms with Gasteiger partial charge in [0.2, 0.25) is 0 Å². The maximum absolute atomic E-state index is 9.57. The molecule has 1 saturated heterocycles. The van der Waals surface area contributed by atoms with Crippen LogP contribution in [0.4, 0.5) is 0 Å². The van der Waals surface area contributed by atoms with E-state index in [2.05, 4.69) is 16.8 Å². The van der Waals surface area contributed by atoms with Gasteiger partial charge in [-0.05, 0) is 26.3 Å². The first-order valence-corrected chi connectivity index (χ1v) is 5.97. The van der Waals surface area contributed by atoms with Crippen molar-refractivity contribution in [2.75, 3.05) is 13.1 Å². The SMILES string of the molecule is C[C@@H](c1nccs1)N1CCC[C@H](O)C1. The second kappa shape index (κ2) is 4.38. The fourth-order valence-electron chi connectivity index (χ4n) is 1.93. The third-order valence-corrected chi connectivity index (χ3v) is 3.73. The molecule has 0 radical (unpaired) electrons. The second-order valence-corrected chi connectivity index (χ2v) is 4.76. The highest BCUT2D eigenvalue weighted by molar-refractivity contribution is 7.09. The third-order valence-electron chi connectivity index (χ3n) is 2.78. The van der Waals surface area contributed by atoms with E-state index in [4.69, 9.17) is 0 Å². The molecule has 1 N–H and O–H groups in total. The minimum atomic E-state index is -0.147. The molecule has 0 aliphatic carbocycles. The van der Waals surface area contributed by atoms with Gasteiger partial charge in [-0.1, -0.05) is 0 Å². The molecule has 0 saturated carbocycles. The number of piperidine rings is 1. The summed E-state index contributed by atoms with van der Waals surface area (Å²) in [5.41, 5.74) is 0. The Morgan fingerprint density at radius 2 is 2.57 bits per heavy atom. The summed E-state index contributed by atoms with van der Waals surface area (Å²) >= 11 is 1.69. The number of likely N-dealkylation sites (tertiary alicyclic amines) is 1. The highest BCUT2D eigenvalue weighted by Crippen LogP contribution is 2.25. The Morgan fingerprint density at radius 1 is 1.71 bits per heavy atom. The smallest absolute Gasteiger partial charge is 0.109 e. The molecule has 0 spiro atoms. The average Bonchev–Trinajstić information content (AvgIpc) is 2.69. The summed E-state index contributed by atoms with van der Waals surface area (Å²) in [6.07, 6.45) is 3.74. The fourth-order valence-corrected chi connectivity index (χ4v) is 2.66. The summed E-state index contributed by atoms with van der Waals surface area (Å²) in [4.78, 5) is 6.62. The van der Waals surface area contributed by atoms with Crippen LogP contribution in [-0.4, -0.2) is 34.2 Å². The zero-order chi connectivity index (χ0) is 9.97. The molecule has 78 valence electrons. The molecule has 0 unspecified atom stereocenters. The predicted octanol–water partition coefficient (Wildman–Crippen LogP) is 1.66. The number of aromatic nitrogens is 1. The number of hydrogen-bond donors (Lipinski definition) is 1. The van der Waals surface area contributed by atoms with Crippen molar-refractivity contribution in [3.8, 4) is 0 Å². The van der Waals surface area contributed by atoms with Crippen molar-refractivity contribution in [1.29, 1.82) is 0 Å². The molecular weight excluding hydrogens is 196 g/mol. The molecule has 0 amide bonds. The Hall–Kier alpha value is -0.450. The topological polar surface area (TPSA) is 36.4 Å². The van der Waals surface area contributed by atoms with Crippen molar-refractivity contribution < 1.29 is 5.11 Å². The third kappa shape index (κ3) is 2.13. The fraction of sp³-hybridized carbons (Fsp3) is 0.700. The first kappa shape index (κ1) is 10.1. The number of aliphatic hydroxyl groups is 1. The number of aliphatic hydroxyl groups excluding tert-OH is 1. The van der Waals surface area contributed by atoms with Crippen molar-refractivity contribution in [1.82, 2.24) is 9.88 Å². The first-order valence-electron chi connectivity index (χ1n) is 5.09. The average molecular weight is 212 g/mol. The Kier molecular flexibility index (Phi) is 3.15. The van der Waals surface area contributed by atoms with Crippen LogP contribution in [0.15, 0.2) is 11.6 Å². The highest BCUT2D eigenvalue weighted by Gasteiger charge is 2.23. The minimum absolute atomic E-state index is 0.147. The van der Waals surface area contributed by atoms with Crippen molar-refractivity contribution in [2.24, 2.45) is 0 Å². The summed E-state index contributed by atoms with van der Waals surface area (Å²) in [6.45, 7) is 4.04. The van der Waals surface area contributed by atoms with Gasteiger partial charge in [0.25, 0.3) is 0 Å². The van der Waals surface area contributed by atoms with E-state index in [1.807, 2.05) is 11.6 Å². The molecule has 0 bridgehead atoms. The van der Waals surface area contributed by atoms with Crippen LogP contribution in [-0.2, 0) is 0 Å². The number of hydrogen-bond acceptors (Lipinski definition) is 4.